The zero-order valence-corrected chi connectivity index (χ0v) is 14.6. The molecule has 3 rings (SSSR count). The molecular formula is C18H12ClF3O2S. The average Bonchev–Trinajstić information content (AvgIpc) is 2.54. The van der Waals surface area contributed by atoms with Gasteiger partial charge in [0.2, 0.25) is 0 Å². The van der Waals surface area contributed by atoms with Crippen molar-refractivity contribution in [3.63, 3.8) is 0 Å². The number of hydrogen-bond donors (Lipinski definition) is 0. The third kappa shape index (κ3) is 4.02. The first kappa shape index (κ1) is 17.9. The molecule has 0 radical (unpaired) electrons. The van der Waals surface area contributed by atoms with Gasteiger partial charge in [-0.3, -0.25) is 0 Å². The van der Waals surface area contributed by atoms with Gasteiger partial charge in [0.25, 0.3) is 0 Å². The summed E-state index contributed by atoms with van der Waals surface area (Å²) in [4.78, 5) is 12.2. The molecule has 0 fully saturated rings. The maximum atomic E-state index is 12.8. The van der Waals surface area contributed by atoms with E-state index in [0.717, 1.165) is 17.7 Å². The molecule has 1 aromatic heterocycles. The van der Waals surface area contributed by atoms with Crippen molar-refractivity contribution in [2.75, 3.05) is 0 Å². The van der Waals surface area contributed by atoms with Crippen molar-refractivity contribution in [1.29, 1.82) is 0 Å². The molecule has 0 aliphatic carbocycles. The predicted octanol–water partition coefficient (Wildman–Crippen LogP) is 6.07. The van der Waals surface area contributed by atoms with E-state index >= 15 is 0 Å². The molecule has 0 N–H and O–H groups in total. The SMILES string of the molecule is Cc1cc2oc(=O)cc(CSc3cccc(C(F)(F)F)c3)c2cc1Cl. The van der Waals surface area contributed by atoms with Crippen LogP contribution in [0.25, 0.3) is 11.0 Å². The zero-order chi connectivity index (χ0) is 18.2. The molecule has 0 bridgehead atoms. The third-order valence-electron chi connectivity index (χ3n) is 3.67. The number of thioether (sulfide) groups is 1. The van der Waals surface area contributed by atoms with Crippen LogP contribution in [-0.2, 0) is 11.9 Å². The van der Waals surface area contributed by atoms with Crippen LogP contribution < -0.4 is 5.63 Å². The van der Waals surface area contributed by atoms with Crippen molar-refractivity contribution in [3.05, 3.63) is 74.6 Å². The first-order valence-electron chi connectivity index (χ1n) is 7.27. The highest BCUT2D eigenvalue weighted by atomic mass is 35.5. The van der Waals surface area contributed by atoms with Crippen LogP contribution in [0.1, 0.15) is 16.7 Å². The minimum absolute atomic E-state index is 0.322. The number of hydrogen-bond acceptors (Lipinski definition) is 3. The highest BCUT2D eigenvalue weighted by Gasteiger charge is 2.30. The average molecular weight is 385 g/mol. The molecule has 0 unspecified atom stereocenters. The first-order valence-corrected chi connectivity index (χ1v) is 8.63. The number of aryl methyl sites for hydroxylation is 1. The van der Waals surface area contributed by atoms with Gasteiger partial charge in [-0.25, -0.2) is 4.79 Å². The molecule has 0 saturated heterocycles. The summed E-state index contributed by atoms with van der Waals surface area (Å²) in [6, 6.07) is 9.81. The van der Waals surface area contributed by atoms with Gasteiger partial charge in [0, 0.05) is 27.1 Å². The molecule has 0 aliphatic heterocycles. The molecule has 25 heavy (non-hydrogen) atoms. The molecule has 0 saturated carbocycles. The molecule has 0 atom stereocenters. The van der Waals surface area contributed by atoms with Crippen molar-refractivity contribution < 1.29 is 17.6 Å². The Morgan fingerprint density at radius 1 is 1.16 bits per heavy atom. The van der Waals surface area contributed by atoms with Crippen LogP contribution in [0.2, 0.25) is 5.02 Å². The highest BCUT2D eigenvalue weighted by molar-refractivity contribution is 7.98. The fourth-order valence-corrected chi connectivity index (χ4v) is 3.50. The third-order valence-corrected chi connectivity index (χ3v) is 5.11. The van der Waals surface area contributed by atoms with Gasteiger partial charge < -0.3 is 4.42 Å². The number of benzene rings is 2. The summed E-state index contributed by atoms with van der Waals surface area (Å²) in [5.74, 6) is 0.322. The fourth-order valence-electron chi connectivity index (χ4n) is 2.39. The van der Waals surface area contributed by atoms with Crippen LogP contribution >= 0.6 is 23.4 Å². The minimum atomic E-state index is -4.39. The van der Waals surface area contributed by atoms with Gasteiger partial charge in [0.05, 0.1) is 5.56 Å². The maximum absolute atomic E-state index is 12.8. The first-order chi connectivity index (χ1) is 11.7. The van der Waals surface area contributed by atoms with E-state index in [2.05, 4.69) is 0 Å². The lowest BCUT2D eigenvalue weighted by atomic mass is 10.1. The van der Waals surface area contributed by atoms with Crippen LogP contribution in [0.3, 0.4) is 0 Å². The van der Waals surface area contributed by atoms with Gasteiger partial charge in [0.1, 0.15) is 5.58 Å². The van der Waals surface area contributed by atoms with Crippen LogP contribution in [0, 0.1) is 6.92 Å². The summed E-state index contributed by atoms with van der Waals surface area (Å²) in [5, 5.41) is 1.21. The van der Waals surface area contributed by atoms with Crippen molar-refractivity contribution in [2.45, 2.75) is 23.7 Å². The molecule has 0 amide bonds. The van der Waals surface area contributed by atoms with E-state index in [4.69, 9.17) is 16.0 Å². The quantitative estimate of drug-likeness (QED) is 0.406. The lowest BCUT2D eigenvalue weighted by molar-refractivity contribution is -0.137. The van der Waals surface area contributed by atoms with Gasteiger partial charge in [-0.1, -0.05) is 17.7 Å². The summed E-state index contributed by atoms with van der Waals surface area (Å²) < 4.78 is 43.6. The molecular weight excluding hydrogens is 373 g/mol. The van der Waals surface area contributed by atoms with E-state index in [-0.39, 0.29) is 0 Å². The summed E-state index contributed by atoms with van der Waals surface area (Å²) in [5.41, 5.74) is 0.645. The van der Waals surface area contributed by atoms with E-state index in [9.17, 15) is 18.0 Å². The predicted molar refractivity (Wildman–Crippen MR) is 93.2 cm³/mol. The van der Waals surface area contributed by atoms with Crippen molar-refractivity contribution >= 4 is 34.3 Å². The molecule has 130 valence electrons. The van der Waals surface area contributed by atoms with Gasteiger partial charge >= 0.3 is 11.8 Å². The number of halogens is 4. The van der Waals surface area contributed by atoms with E-state index in [0.29, 0.717) is 32.2 Å². The molecule has 2 aromatic carbocycles. The van der Waals surface area contributed by atoms with Crippen LogP contribution in [0.15, 0.2) is 56.6 Å². The largest absolute Gasteiger partial charge is 0.423 e. The topological polar surface area (TPSA) is 30.2 Å². The van der Waals surface area contributed by atoms with E-state index in [1.54, 1.807) is 25.1 Å². The normalized spacial score (nSPS) is 11.9. The molecule has 3 aromatic rings. The Labute approximate surface area is 150 Å². The monoisotopic (exact) mass is 384 g/mol. The van der Waals surface area contributed by atoms with Crippen molar-refractivity contribution in [2.24, 2.45) is 0 Å². The highest BCUT2D eigenvalue weighted by Crippen LogP contribution is 2.34. The maximum Gasteiger partial charge on any atom is 0.416 e. The molecule has 1 heterocycles. The molecule has 7 heteroatoms. The standard InChI is InChI=1S/C18H12ClF3O2S/c1-10-5-16-14(8-15(10)19)11(6-17(23)24-16)9-25-13-4-2-3-12(7-13)18(20,21)22/h2-8H,9H2,1H3. The van der Waals surface area contributed by atoms with E-state index in [1.165, 1.54) is 23.9 Å². The van der Waals surface area contributed by atoms with Crippen LogP contribution in [0.4, 0.5) is 13.2 Å². The second kappa shape index (κ2) is 6.77. The Kier molecular flexibility index (Phi) is 4.84. The summed E-state index contributed by atoms with van der Waals surface area (Å²) in [6.07, 6.45) is -4.39. The minimum Gasteiger partial charge on any atom is -0.423 e. The Bertz CT molecular complexity index is 996. The number of fused-ring (bicyclic) bond motifs is 1. The van der Waals surface area contributed by atoms with E-state index in [1.807, 2.05) is 0 Å². The second-order valence-corrected chi connectivity index (χ2v) is 6.96. The number of alkyl halides is 3. The van der Waals surface area contributed by atoms with Gasteiger partial charge in [-0.2, -0.15) is 13.2 Å². The fraction of sp³-hybridized carbons (Fsp3) is 0.167. The molecule has 2 nitrogen and oxygen atoms in total. The number of rotatable bonds is 3. The lowest BCUT2D eigenvalue weighted by Crippen LogP contribution is -2.04. The molecule has 0 aliphatic rings. The van der Waals surface area contributed by atoms with Gasteiger partial charge in [0.15, 0.2) is 0 Å². The summed E-state index contributed by atoms with van der Waals surface area (Å²) in [7, 11) is 0. The molecule has 0 spiro atoms. The second-order valence-electron chi connectivity index (χ2n) is 5.50. The van der Waals surface area contributed by atoms with Gasteiger partial charge in [-0.15, -0.1) is 11.8 Å². The Morgan fingerprint density at radius 2 is 1.92 bits per heavy atom. The Hall–Kier alpha value is -1.92. The zero-order valence-electron chi connectivity index (χ0n) is 13.0. The smallest absolute Gasteiger partial charge is 0.416 e. The lowest BCUT2D eigenvalue weighted by Gasteiger charge is -2.10. The van der Waals surface area contributed by atoms with E-state index < -0.39 is 17.4 Å². The summed E-state index contributed by atoms with van der Waals surface area (Å²) >= 11 is 7.35. The Morgan fingerprint density at radius 3 is 2.64 bits per heavy atom. The Balaban J connectivity index is 1.94. The summed E-state index contributed by atoms with van der Waals surface area (Å²) in [6.45, 7) is 1.80. The van der Waals surface area contributed by atoms with Gasteiger partial charge in [-0.05, 0) is 48.4 Å². The van der Waals surface area contributed by atoms with Crippen LogP contribution in [-0.4, -0.2) is 0 Å². The van der Waals surface area contributed by atoms with Crippen molar-refractivity contribution in [3.8, 4) is 0 Å². The van der Waals surface area contributed by atoms with Crippen molar-refractivity contribution in [1.82, 2.24) is 0 Å². The van der Waals surface area contributed by atoms with Crippen LogP contribution in [0.5, 0.6) is 0 Å².